The second kappa shape index (κ2) is 12.9. The molecule has 1 N–H and O–H groups in total. The molecule has 0 aliphatic carbocycles. The van der Waals surface area contributed by atoms with Crippen LogP contribution in [0, 0.1) is 0 Å². The van der Waals surface area contributed by atoms with Crippen LogP contribution in [0.3, 0.4) is 0 Å². The van der Waals surface area contributed by atoms with E-state index in [1.165, 1.54) is 17.3 Å². The fourth-order valence-electron chi connectivity index (χ4n) is 2.40. The molecule has 0 bridgehead atoms. The van der Waals surface area contributed by atoms with Gasteiger partial charge in [-0.05, 0) is 36.1 Å². The van der Waals surface area contributed by atoms with E-state index < -0.39 is 24.0 Å². The molecule has 26 heavy (non-hydrogen) atoms. The van der Waals surface area contributed by atoms with Gasteiger partial charge in [0.15, 0.2) is 0 Å². The van der Waals surface area contributed by atoms with E-state index in [1.54, 1.807) is 11.8 Å². The fraction of sp³-hybridized carbons (Fsp3) is 0.409. The number of carboxylic acids is 1. The number of carboxylic acid groups (broad SMARTS) is 1. The lowest BCUT2D eigenvalue weighted by Crippen LogP contribution is -2.06. The summed E-state index contributed by atoms with van der Waals surface area (Å²) in [6.07, 6.45) is -1.27. The SMILES string of the molecule is [2H]C([2H])(CCC([2H])(CCSCc1ccccc1)SCc1ccccc1)CC(=O)O. The molecular weight excluding hydrogens is 360 g/mol. The molecule has 1 unspecified atom stereocenters. The number of rotatable bonds is 13. The summed E-state index contributed by atoms with van der Waals surface area (Å²) in [6, 6.07) is 20.2. The van der Waals surface area contributed by atoms with Gasteiger partial charge in [0.25, 0.3) is 0 Å². The molecule has 0 spiro atoms. The number of hydrogen-bond acceptors (Lipinski definition) is 3. The molecular formula is C22H28O2S2. The normalized spacial score (nSPS) is 15.5. The van der Waals surface area contributed by atoms with Gasteiger partial charge in [-0.25, -0.2) is 0 Å². The summed E-state index contributed by atoms with van der Waals surface area (Å²) in [4.78, 5) is 10.9. The van der Waals surface area contributed by atoms with E-state index >= 15 is 0 Å². The van der Waals surface area contributed by atoms with Gasteiger partial charge in [-0.15, -0.1) is 0 Å². The molecule has 0 aliphatic heterocycles. The van der Waals surface area contributed by atoms with Gasteiger partial charge in [0.05, 0.1) is 0 Å². The molecule has 0 saturated heterocycles. The Morgan fingerprint density at radius 2 is 1.62 bits per heavy atom. The molecule has 140 valence electrons. The lowest BCUT2D eigenvalue weighted by Gasteiger charge is -2.16. The Morgan fingerprint density at radius 1 is 1.00 bits per heavy atom. The summed E-state index contributed by atoms with van der Waals surface area (Å²) in [5.41, 5.74) is 2.39. The number of benzene rings is 2. The Hall–Kier alpha value is -1.39. The maximum Gasteiger partial charge on any atom is 0.303 e. The Bertz CT molecular complexity index is 744. The van der Waals surface area contributed by atoms with Crippen molar-refractivity contribution in [2.24, 2.45) is 0 Å². The molecule has 4 heteroatoms. The van der Waals surface area contributed by atoms with Gasteiger partial charge in [0.2, 0.25) is 0 Å². The average molecular weight is 392 g/mol. The smallest absolute Gasteiger partial charge is 0.303 e. The maximum absolute atomic E-state index is 10.9. The van der Waals surface area contributed by atoms with E-state index in [4.69, 9.17) is 9.22 Å². The summed E-state index contributed by atoms with van der Waals surface area (Å²) < 4.78 is 24.8. The van der Waals surface area contributed by atoms with Crippen LogP contribution in [-0.4, -0.2) is 22.1 Å². The molecule has 0 radical (unpaired) electrons. The van der Waals surface area contributed by atoms with Crippen molar-refractivity contribution in [3.63, 3.8) is 0 Å². The van der Waals surface area contributed by atoms with Crippen LogP contribution in [-0.2, 0) is 16.3 Å². The van der Waals surface area contributed by atoms with Crippen molar-refractivity contribution in [2.45, 2.75) is 48.8 Å². The van der Waals surface area contributed by atoms with Crippen molar-refractivity contribution in [1.29, 1.82) is 0 Å². The maximum atomic E-state index is 10.9. The highest BCUT2D eigenvalue weighted by Crippen LogP contribution is 2.27. The number of thioether (sulfide) groups is 2. The van der Waals surface area contributed by atoms with Gasteiger partial charge in [-0.1, -0.05) is 67.1 Å². The minimum absolute atomic E-state index is 0.0773. The molecule has 1 atom stereocenters. The quantitative estimate of drug-likeness (QED) is 0.409. The summed E-state index contributed by atoms with van der Waals surface area (Å²) in [6.45, 7) is 0. The zero-order valence-electron chi connectivity index (χ0n) is 17.9. The fourth-order valence-corrected chi connectivity index (χ4v) is 4.55. The summed E-state index contributed by atoms with van der Waals surface area (Å²) in [7, 11) is 0. The van der Waals surface area contributed by atoms with Gasteiger partial charge in [-0.3, -0.25) is 4.79 Å². The van der Waals surface area contributed by atoms with Gasteiger partial charge < -0.3 is 5.11 Å². The largest absolute Gasteiger partial charge is 0.481 e. The van der Waals surface area contributed by atoms with E-state index in [-0.39, 0.29) is 6.42 Å². The first-order valence-corrected chi connectivity index (χ1v) is 10.9. The Morgan fingerprint density at radius 3 is 2.23 bits per heavy atom. The van der Waals surface area contributed by atoms with Crippen LogP contribution in [0.2, 0.25) is 0 Å². The predicted molar refractivity (Wildman–Crippen MR) is 115 cm³/mol. The molecule has 0 saturated carbocycles. The van der Waals surface area contributed by atoms with Gasteiger partial charge >= 0.3 is 5.97 Å². The molecule has 0 aliphatic rings. The third kappa shape index (κ3) is 9.35. The van der Waals surface area contributed by atoms with E-state index in [0.29, 0.717) is 18.6 Å². The number of carbonyl (C=O) groups is 1. The van der Waals surface area contributed by atoms with Gasteiger partial charge in [0.1, 0.15) is 0 Å². The van der Waals surface area contributed by atoms with Crippen LogP contribution in [0.4, 0.5) is 0 Å². The highest BCUT2D eigenvalue weighted by atomic mass is 32.2. The predicted octanol–water partition coefficient (Wildman–Crippen LogP) is 6.26. The summed E-state index contributed by atoms with van der Waals surface area (Å²) in [5.74, 6) is 1.25. The van der Waals surface area contributed by atoms with Crippen molar-refractivity contribution in [3.8, 4) is 0 Å². The summed E-state index contributed by atoms with van der Waals surface area (Å²) >= 11 is 3.30. The molecule has 0 amide bonds. The van der Waals surface area contributed by atoms with E-state index in [9.17, 15) is 4.79 Å². The van der Waals surface area contributed by atoms with E-state index in [0.717, 1.165) is 17.1 Å². The molecule has 2 aromatic carbocycles. The third-order valence-corrected chi connectivity index (χ3v) is 6.10. The molecule has 2 rings (SSSR count). The third-order valence-electron chi connectivity index (χ3n) is 3.78. The lowest BCUT2D eigenvalue weighted by atomic mass is 10.1. The van der Waals surface area contributed by atoms with Gasteiger partial charge in [-0.2, -0.15) is 23.5 Å². The molecule has 0 aromatic heterocycles. The zero-order valence-corrected chi connectivity index (χ0v) is 16.5. The van der Waals surface area contributed by atoms with Crippen LogP contribution in [0.5, 0.6) is 0 Å². The van der Waals surface area contributed by atoms with Crippen LogP contribution in [0.1, 0.15) is 47.3 Å². The Balaban J connectivity index is 1.92. The first-order valence-electron chi connectivity index (χ1n) is 10.3. The van der Waals surface area contributed by atoms with Crippen molar-refractivity contribution >= 4 is 29.5 Å². The zero-order chi connectivity index (χ0) is 21.2. The average Bonchev–Trinajstić information content (AvgIpc) is 2.69. The van der Waals surface area contributed by atoms with Crippen molar-refractivity contribution in [2.75, 3.05) is 5.75 Å². The standard InChI is InChI=1S/C22H28O2S2/c23-22(24)14-8-7-13-21(26-18-20-11-5-2-6-12-20)15-16-25-17-19-9-3-1-4-10-19/h1-6,9-12,21H,7-8,13-18H2,(H,23,24)/i8D2,21D. The van der Waals surface area contributed by atoms with Crippen molar-refractivity contribution < 1.29 is 14.0 Å². The first kappa shape index (κ1) is 16.8. The van der Waals surface area contributed by atoms with Crippen LogP contribution in [0.15, 0.2) is 60.7 Å². The molecule has 0 heterocycles. The minimum Gasteiger partial charge on any atom is -0.481 e. The van der Waals surface area contributed by atoms with E-state index in [1.807, 2.05) is 48.5 Å². The Kier molecular flexibility index (Phi) is 8.30. The van der Waals surface area contributed by atoms with Crippen LogP contribution >= 0.6 is 23.5 Å². The monoisotopic (exact) mass is 391 g/mol. The summed E-state index contributed by atoms with van der Waals surface area (Å²) in [5, 5.41) is 8.07. The second-order valence-corrected chi connectivity index (χ2v) is 8.18. The van der Waals surface area contributed by atoms with Crippen molar-refractivity contribution in [3.05, 3.63) is 71.8 Å². The Labute approximate surface area is 170 Å². The highest BCUT2D eigenvalue weighted by molar-refractivity contribution is 7.99. The van der Waals surface area contributed by atoms with Gasteiger partial charge in [0, 0.05) is 27.3 Å². The highest BCUT2D eigenvalue weighted by Gasteiger charge is 2.10. The van der Waals surface area contributed by atoms with Crippen LogP contribution in [0.25, 0.3) is 0 Å². The molecule has 2 aromatic rings. The molecule has 2 nitrogen and oxygen atoms in total. The topological polar surface area (TPSA) is 37.3 Å². The van der Waals surface area contributed by atoms with Crippen molar-refractivity contribution in [1.82, 2.24) is 0 Å². The molecule has 0 fully saturated rings. The number of aliphatic carboxylic acids is 1. The number of hydrogen-bond donors (Lipinski definition) is 1. The van der Waals surface area contributed by atoms with E-state index in [2.05, 4.69) is 12.1 Å². The van der Waals surface area contributed by atoms with Crippen LogP contribution < -0.4 is 0 Å². The second-order valence-electron chi connectivity index (χ2n) is 5.92. The first-order chi connectivity index (χ1) is 13.8. The minimum atomic E-state index is -1.79. The lowest BCUT2D eigenvalue weighted by molar-refractivity contribution is -0.137.